The Morgan fingerprint density at radius 1 is 1.50 bits per heavy atom. The Kier molecular flexibility index (Phi) is 2.25. The summed E-state index contributed by atoms with van der Waals surface area (Å²) in [6.45, 7) is 0. The Balaban J connectivity index is 3.67. The number of nitrogens with zero attached hydrogens (tertiary/aromatic N) is 3. The number of halogens is 2. The molecule has 0 heterocycles. The van der Waals surface area contributed by atoms with Crippen molar-refractivity contribution >= 4 is 11.4 Å². The van der Waals surface area contributed by atoms with Crippen LogP contribution in [0.4, 0.5) is 20.2 Å². The lowest BCUT2D eigenvalue weighted by Crippen LogP contribution is -2.00. The van der Waals surface area contributed by atoms with Crippen LogP contribution < -0.4 is 5.11 Å². The van der Waals surface area contributed by atoms with E-state index in [1.807, 2.05) is 0 Å². The Morgan fingerprint density at radius 2 is 2.07 bits per heavy atom. The quantitative estimate of drug-likeness (QED) is 0.390. The summed E-state index contributed by atoms with van der Waals surface area (Å²) in [4.78, 5) is 11.1. The fraction of sp³-hybridized carbons (Fsp3) is 0. The molecule has 1 aromatic rings. The average molecular weight is 201 g/mol. The monoisotopic (exact) mass is 201 g/mol. The number of diazo groups is 1. The van der Waals surface area contributed by atoms with E-state index in [1.54, 1.807) is 0 Å². The van der Waals surface area contributed by atoms with Gasteiger partial charge in [-0.25, -0.2) is 4.39 Å². The van der Waals surface area contributed by atoms with Crippen LogP contribution in [0, 0.1) is 27.1 Å². The first kappa shape index (κ1) is 9.79. The number of rotatable bonds is 1. The molecule has 0 N–H and O–H groups in total. The van der Waals surface area contributed by atoms with Crippen LogP contribution in [0.2, 0.25) is 0 Å². The summed E-state index contributed by atoms with van der Waals surface area (Å²) in [5, 5.41) is 29.2. The molecule has 0 aliphatic carbocycles. The van der Waals surface area contributed by atoms with Crippen molar-refractivity contribution in [3.8, 4) is 5.75 Å². The van der Waals surface area contributed by atoms with Gasteiger partial charge in [0.1, 0.15) is 0 Å². The van der Waals surface area contributed by atoms with Gasteiger partial charge in [0.05, 0.1) is 4.92 Å². The minimum Gasteiger partial charge on any atom is -0.867 e. The number of nitro groups is 1. The van der Waals surface area contributed by atoms with Crippen LogP contribution in [0.3, 0.4) is 0 Å². The molecule has 0 saturated carbocycles. The van der Waals surface area contributed by atoms with Crippen molar-refractivity contribution < 1.29 is 18.8 Å². The van der Waals surface area contributed by atoms with E-state index in [0.29, 0.717) is 0 Å². The van der Waals surface area contributed by atoms with E-state index in [1.165, 1.54) is 0 Å². The number of hydrogen-bond acceptors (Lipinski definition) is 4. The first-order chi connectivity index (χ1) is 6.49. The summed E-state index contributed by atoms with van der Waals surface area (Å²) >= 11 is 0. The van der Waals surface area contributed by atoms with E-state index in [-0.39, 0.29) is 6.07 Å². The number of benzene rings is 1. The fourth-order valence-corrected chi connectivity index (χ4v) is 0.844. The minimum absolute atomic E-state index is 0.164. The third-order valence-corrected chi connectivity index (χ3v) is 1.42. The molecule has 0 bridgehead atoms. The summed E-state index contributed by atoms with van der Waals surface area (Å²) in [5.74, 6) is -4.76. The second kappa shape index (κ2) is 3.21. The number of hydrogen-bond donors (Lipinski definition) is 0. The molecule has 0 aliphatic rings. The molecule has 8 heteroatoms. The molecule has 0 radical (unpaired) electrons. The van der Waals surface area contributed by atoms with Crippen LogP contribution >= 0.6 is 0 Å². The van der Waals surface area contributed by atoms with Crippen LogP contribution in [-0.4, -0.2) is 4.92 Å². The minimum atomic E-state index is -1.83. The van der Waals surface area contributed by atoms with Crippen molar-refractivity contribution in [3.05, 3.63) is 32.8 Å². The van der Waals surface area contributed by atoms with Crippen molar-refractivity contribution in [1.82, 2.24) is 0 Å². The molecule has 0 saturated heterocycles. The zero-order valence-electron chi connectivity index (χ0n) is 6.40. The van der Waals surface area contributed by atoms with Crippen LogP contribution in [0.5, 0.6) is 5.75 Å². The van der Waals surface area contributed by atoms with Gasteiger partial charge in [0.25, 0.3) is 0 Å². The zero-order valence-corrected chi connectivity index (χ0v) is 6.40. The molecule has 1 aromatic carbocycles. The van der Waals surface area contributed by atoms with Crippen molar-refractivity contribution in [1.29, 1.82) is 5.39 Å². The Bertz CT molecular complexity index is 455. The second-order valence-electron chi connectivity index (χ2n) is 2.22. The Hall–Kier alpha value is -2.30. The van der Waals surface area contributed by atoms with Gasteiger partial charge < -0.3 is 5.11 Å². The van der Waals surface area contributed by atoms with Gasteiger partial charge in [-0.05, 0) is 6.07 Å². The molecule has 72 valence electrons. The highest BCUT2D eigenvalue weighted by atomic mass is 19.2. The molecular formula is C6HF2N3O3. The lowest BCUT2D eigenvalue weighted by atomic mass is 10.2. The highest BCUT2D eigenvalue weighted by molar-refractivity contribution is 5.70. The molecule has 0 spiro atoms. The van der Waals surface area contributed by atoms with E-state index >= 15 is 0 Å². The molecule has 0 atom stereocenters. The van der Waals surface area contributed by atoms with Gasteiger partial charge in [0.15, 0.2) is 10.8 Å². The first-order valence-corrected chi connectivity index (χ1v) is 3.17. The third kappa shape index (κ3) is 1.31. The van der Waals surface area contributed by atoms with Gasteiger partial charge in [0, 0.05) is 5.75 Å². The molecule has 14 heavy (non-hydrogen) atoms. The average Bonchev–Trinajstić information content (AvgIpc) is 2.10. The normalized spacial score (nSPS) is 9.50. The van der Waals surface area contributed by atoms with E-state index in [9.17, 15) is 24.0 Å². The van der Waals surface area contributed by atoms with Crippen LogP contribution in [0.15, 0.2) is 6.07 Å². The van der Waals surface area contributed by atoms with Gasteiger partial charge in [-0.1, -0.05) is 0 Å². The largest absolute Gasteiger partial charge is 0.867 e. The highest BCUT2D eigenvalue weighted by Gasteiger charge is 2.33. The predicted molar refractivity (Wildman–Crippen MR) is 37.2 cm³/mol. The zero-order chi connectivity index (χ0) is 10.9. The number of nitro benzene ring substituents is 1. The maximum Gasteiger partial charge on any atom is 0.456 e. The third-order valence-electron chi connectivity index (χ3n) is 1.42. The summed E-state index contributed by atoms with van der Waals surface area (Å²) < 4.78 is 25.3. The van der Waals surface area contributed by atoms with E-state index < -0.39 is 33.7 Å². The topological polar surface area (TPSA) is 94.3 Å². The fourth-order valence-electron chi connectivity index (χ4n) is 0.844. The molecule has 0 fully saturated rings. The molecule has 0 aliphatic heterocycles. The predicted octanol–water partition coefficient (Wildman–Crippen LogP) is 1.43. The van der Waals surface area contributed by atoms with Gasteiger partial charge in [0.2, 0.25) is 11.2 Å². The van der Waals surface area contributed by atoms with Crippen molar-refractivity contribution in [2.45, 2.75) is 0 Å². The summed E-state index contributed by atoms with van der Waals surface area (Å²) in [6, 6.07) is 0.164. The summed E-state index contributed by atoms with van der Waals surface area (Å²) in [7, 11) is 0. The lowest BCUT2D eigenvalue weighted by molar-refractivity contribution is -0.387. The second-order valence-corrected chi connectivity index (χ2v) is 2.22. The Morgan fingerprint density at radius 3 is 2.50 bits per heavy atom. The van der Waals surface area contributed by atoms with Crippen LogP contribution in [0.25, 0.3) is 4.98 Å². The SMILES string of the molecule is N#[N+]c1c([O-])cc(F)c(F)c1[N+](=O)[O-]. The van der Waals surface area contributed by atoms with Gasteiger partial charge in [-0.3, -0.25) is 10.1 Å². The maximum absolute atomic E-state index is 12.8. The maximum atomic E-state index is 12.8. The molecular weight excluding hydrogens is 200 g/mol. The Labute approximate surface area is 75.2 Å². The van der Waals surface area contributed by atoms with Gasteiger partial charge in [-0.15, -0.1) is 0 Å². The van der Waals surface area contributed by atoms with Crippen molar-refractivity contribution in [3.63, 3.8) is 0 Å². The standard InChI is InChI=1S/C6HF2N3O3/c7-2-1-3(12)5(10-9)6(4(2)8)11(13)14/h1H. The molecule has 0 aromatic heterocycles. The van der Waals surface area contributed by atoms with Crippen molar-refractivity contribution in [2.24, 2.45) is 0 Å². The molecule has 0 unspecified atom stereocenters. The smallest absolute Gasteiger partial charge is 0.456 e. The van der Waals surface area contributed by atoms with Crippen LogP contribution in [0.1, 0.15) is 0 Å². The molecule has 1 rings (SSSR count). The first-order valence-electron chi connectivity index (χ1n) is 3.17. The molecule has 6 nitrogen and oxygen atoms in total. The van der Waals surface area contributed by atoms with E-state index in [4.69, 9.17) is 5.39 Å². The van der Waals surface area contributed by atoms with E-state index in [2.05, 4.69) is 4.98 Å². The highest BCUT2D eigenvalue weighted by Crippen LogP contribution is 2.38. The molecule has 0 amide bonds. The van der Waals surface area contributed by atoms with Crippen LogP contribution in [-0.2, 0) is 0 Å². The van der Waals surface area contributed by atoms with Crippen molar-refractivity contribution in [2.75, 3.05) is 0 Å². The summed E-state index contributed by atoms with van der Waals surface area (Å²) in [5.41, 5.74) is -2.61. The van der Waals surface area contributed by atoms with Gasteiger partial charge >= 0.3 is 11.4 Å². The summed E-state index contributed by atoms with van der Waals surface area (Å²) in [6.07, 6.45) is 0. The van der Waals surface area contributed by atoms with E-state index in [0.717, 1.165) is 0 Å². The van der Waals surface area contributed by atoms with Gasteiger partial charge in [-0.2, -0.15) is 4.39 Å². The lowest BCUT2D eigenvalue weighted by Gasteiger charge is -2.01.